The van der Waals surface area contributed by atoms with Crippen molar-refractivity contribution in [2.24, 2.45) is 0 Å². The molecule has 110 valence electrons. The lowest BCUT2D eigenvalue weighted by molar-refractivity contribution is -0.130. The number of phenols is 1. The van der Waals surface area contributed by atoms with Gasteiger partial charge in [-0.05, 0) is 44.0 Å². The largest absolute Gasteiger partial charge is 0.508 e. The number of piperidine rings is 1. The second-order valence-corrected chi connectivity index (χ2v) is 5.43. The molecule has 0 aliphatic carbocycles. The summed E-state index contributed by atoms with van der Waals surface area (Å²) >= 11 is 0. The van der Waals surface area contributed by atoms with Crippen LogP contribution in [0, 0.1) is 0 Å². The average molecular weight is 276 g/mol. The SMILES string of the molecule is CCN(CC1CCCCN1)C(=O)Cc1cccc(O)c1. The van der Waals surface area contributed by atoms with E-state index < -0.39 is 0 Å². The molecule has 0 spiro atoms. The van der Waals surface area contributed by atoms with E-state index in [1.807, 2.05) is 17.9 Å². The number of carbonyl (C=O) groups is 1. The first-order valence-corrected chi connectivity index (χ1v) is 7.48. The van der Waals surface area contributed by atoms with Crippen molar-refractivity contribution in [2.75, 3.05) is 19.6 Å². The van der Waals surface area contributed by atoms with Crippen molar-refractivity contribution in [1.82, 2.24) is 10.2 Å². The Labute approximate surface area is 120 Å². The van der Waals surface area contributed by atoms with Gasteiger partial charge in [-0.2, -0.15) is 0 Å². The molecule has 1 unspecified atom stereocenters. The molecule has 1 saturated heterocycles. The highest BCUT2D eigenvalue weighted by Gasteiger charge is 2.19. The summed E-state index contributed by atoms with van der Waals surface area (Å²) in [5.74, 6) is 0.345. The number of amides is 1. The molecule has 1 heterocycles. The molecule has 1 amide bonds. The maximum atomic E-state index is 12.3. The van der Waals surface area contributed by atoms with E-state index in [0.29, 0.717) is 12.5 Å². The maximum absolute atomic E-state index is 12.3. The Morgan fingerprint density at radius 3 is 2.95 bits per heavy atom. The van der Waals surface area contributed by atoms with E-state index in [2.05, 4.69) is 5.32 Å². The van der Waals surface area contributed by atoms with Crippen molar-refractivity contribution in [2.45, 2.75) is 38.6 Å². The van der Waals surface area contributed by atoms with Crippen LogP contribution in [0.25, 0.3) is 0 Å². The van der Waals surface area contributed by atoms with Gasteiger partial charge in [0, 0.05) is 19.1 Å². The van der Waals surface area contributed by atoms with Crippen LogP contribution in [-0.4, -0.2) is 41.6 Å². The summed E-state index contributed by atoms with van der Waals surface area (Å²) in [6.07, 6.45) is 3.99. The molecule has 4 heteroatoms. The summed E-state index contributed by atoms with van der Waals surface area (Å²) in [5, 5.41) is 12.9. The highest BCUT2D eigenvalue weighted by molar-refractivity contribution is 5.78. The van der Waals surface area contributed by atoms with Crippen molar-refractivity contribution in [3.05, 3.63) is 29.8 Å². The van der Waals surface area contributed by atoms with Gasteiger partial charge in [-0.15, -0.1) is 0 Å². The standard InChI is InChI=1S/C16H24N2O2/c1-2-18(12-14-7-3-4-9-17-14)16(20)11-13-6-5-8-15(19)10-13/h5-6,8,10,14,17,19H,2-4,7,9,11-12H2,1H3. The number of carbonyl (C=O) groups excluding carboxylic acids is 1. The van der Waals surface area contributed by atoms with Crippen LogP contribution in [-0.2, 0) is 11.2 Å². The van der Waals surface area contributed by atoms with Gasteiger partial charge in [0.2, 0.25) is 5.91 Å². The Kier molecular flexibility index (Phi) is 5.41. The van der Waals surface area contributed by atoms with E-state index >= 15 is 0 Å². The Bertz CT molecular complexity index is 442. The molecule has 0 radical (unpaired) electrons. The normalized spacial score (nSPS) is 18.8. The number of likely N-dealkylation sites (N-methyl/N-ethyl adjacent to an activating group) is 1. The number of benzene rings is 1. The lowest BCUT2D eigenvalue weighted by Crippen LogP contribution is -2.46. The van der Waals surface area contributed by atoms with Crippen LogP contribution in [0.1, 0.15) is 31.7 Å². The highest BCUT2D eigenvalue weighted by atomic mass is 16.3. The van der Waals surface area contributed by atoms with E-state index in [-0.39, 0.29) is 11.7 Å². The number of nitrogens with one attached hydrogen (secondary N) is 1. The molecule has 1 aliphatic rings. The molecule has 1 atom stereocenters. The smallest absolute Gasteiger partial charge is 0.227 e. The molecule has 2 N–H and O–H groups in total. The van der Waals surface area contributed by atoms with Crippen LogP contribution in [0.5, 0.6) is 5.75 Å². The molecule has 1 fully saturated rings. The topological polar surface area (TPSA) is 52.6 Å². The van der Waals surface area contributed by atoms with Gasteiger partial charge < -0.3 is 15.3 Å². The predicted molar refractivity (Wildman–Crippen MR) is 79.7 cm³/mol. The van der Waals surface area contributed by atoms with E-state index in [0.717, 1.165) is 31.6 Å². The summed E-state index contributed by atoms with van der Waals surface area (Å²) in [5.41, 5.74) is 0.866. The highest BCUT2D eigenvalue weighted by Crippen LogP contribution is 2.13. The third kappa shape index (κ3) is 4.23. The number of hydrogen-bond acceptors (Lipinski definition) is 3. The second kappa shape index (κ2) is 7.29. The summed E-state index contributed by atoms with van der Waals surface area (Å²) in [4.78, 5) is 14.3. The second-order valence-electron chi connectivity index (χ2n) is 5.43. The molecule has 20 heavy (non-hydrogen) atoms. The fourth-order valence-corrected chi connectivity index (χ4v) is 2.71. The Morgan fingerprint density at radius 2 is 2.30 bits per heavy atom. The van der Waals surface area contributed by atoms with Gasteiger partial charge in [0.05, 0.1) is 6.42 Å². The monoisotopic (exact) mass is 276 g/mol. The lowest BCUT2D eigenvalue weighted by atomic mass is 10.0. The number of rotatable bonds is 5. The van der Waals surface area contributed by atoms with Crippen molar-refractivity contribution < 1.29 is 9.90 Å². The molecular weight excluding hydrogens is 252 g/mol. The molecule has 1 aliphatic heterocycles. The number of phenolic OH excluding ortho intramolecular Hbond substituents is 1. The Morgan fingerprint density at radius 1 is 1.45 bits per heavy atom. The molecule has 1 aromatic rings. The zero-order valence-electron chi connectivity index (χ0n) is 12.1. The van der Waals surface area contributed by atoms with Crippen molar-refractivity contribution in [1.29, 1.82) is 0 Å². The van der Waals surface area contributed by atoms with Crippen LogP contribution >= 0.6 is 0 Å². The molecule has 0 aromatic heterocycles. The number of hydrogen-bond donors (Lipinski definition) is 2. The summed E-state index contributed by atoms with van der Waals surface area (Å²) in [6, 6.07) is 7.36. The Balaban J connectivity index is 1.91. The average Bonchev–Trinajstić information content (AvgIpc) is 2.45. The van der Waals surface area contributed by atoms with Crippen LogP contribution in [0.3, 0.4) is 0 Å². The van der Waals surface area contributed by atoms with Crippen molar-refractivity contribution in [3.8, 4) is 5.75 Å². The quantitative estimate of drug-likeness (QED) is 0.864. The molecule has 2 rings (SSSR count). The van der Waals surface area contributed by atoms with Gasteiger partial charge in [0.15, 0.2) is 0 Å². The van der Waals surface area contributed by atoms with Gasteiger partial charge in [-0.3, -0.25) is 4.79 Å². The van der Waals surface area contributed by atoms with Gasteiger partial charge >= 0.3 is 0 Å². The fourth-order valence-electron chi connectivity index (χ4n) is 2.71. The van der Waals surface area contributed by atoms with Crippen LogP contribution in [0.15, 0.2) is 24.3 Å². The zero-order chi connectivity index (χ0) is 14.4. The minimum atomic E-state index is 0.130. The first-order chi connectivity index (χ1) is 9.69. The molecular formula is C16H24N2O2. The van der Waals surface area contributed by atoms with E-state index in [9.17, 15) is 9.90 Å². The molecule has 0 saturated carbocycles. The first-order valence-electron chi connectivity index (χ1n) is 7.48. The van der Waals surface area contributed by atoms with Crippen molar-refractivity contribution >= 4 is 5.91 Å². The third-order valence-electron chi connectivity index (χ3n) is 3.85. The van der Waals surface area contributed by atoms with Crippen LogP contribution in [0.4, 0.5) is 0 Å². The number of nitrogens with zero attached hydrogens (tertiary/aromatic N) is 1. The molecule has 4 nitrogen and oxygen atoms in total. The fraction of sp³-hybridized carbons (Fsp3) is 0.562. The molecule has 1 aromatic carbocycles. The predicted octanol–water partition coefficient (Wildman–Crippen LogP) is 1.93. The summed E-state index contributed by atoms with van der Waals surface area (Å²) in [7, 11) is 0. The van der Waals surface area contributed by atoms with Crippen molar-refractivity contribution in [3.63, 3.8) is 0 Å². The minimum Gasteiger partial charge on any atom is -0.508 e. The summed E-state index contributed by atoms with van der Waals surface area (Å²) in [6.45, 7) is 4.59. The van der Waals surface area contributed by atoms with Crippen LogP contribution < -0.4 is 5.32 Å². The van der Waals surface area contributed by atoms with Gasteiger partial charge in [-0.1, -0.05) is 18.6 Å². The lowest BCUT2D eigenvalue weighted by Gasteiger charge is -2.30. The van der Waals surface area contributed by atoms with E-state index in [1.165, 1.54) is 12.8 Å². The van der Waals surface area contributed by atoms with Gasteiger partial charge in [0.25, 0.3) is 0 Å². The zero-order valence-corrected chi connectivity index (χ0v) is 12.1. The Hall–Kier alpha value is -1.55. The van der Waals surface area contributed by atoms with E-state index in [1.54, 1.807) is 18.2 Å². The number of aromatic hydroxyl groups is 1. The van der Waals surface area contributed by atoms with Gasteiger partial charge in [-0.25, -0.2) is 0 Å². The first kappa shape index (κ1) is 14.9. The maximum Gasteiger partial charge on any atom is 0.227 e. The minimum absolute atomic E-state index is 0.130. The molecule has 0 bridgehead atoms. The van der Waals surface area contributed by atoms with Gasteiger partial charge in [0.1, 0.15) is 5.75 Å². The third-order valence-corrected chi connectivity index (χ3v) is 3.85. The van der Waals surface area contributed by atoms with Crippen LogP contribution in [0.2, 0.25) is 0 Å². The van der Waals surface area contributed by atoms with E-state index in [4.69, 9.17) is 0 Å². The summed E-state index contributed by atoms with van der Waals surface area (Å²) < 4.78 is 0.